The highest BCUT2D eigenvalue weighted by Crippen LogP contribution is 2.26. The highest BCUT2D eigenvalue weighted by Gasteiger charge is 2.34. The summed E-state index contributed by atoms with van der Waals surface area (Å²) in [6.07, 6.45) is -3.60. The minimum atomic E-state index is -4.59. The lowest BCUT2D eigenvalue weighted by atomic mass is 10.5. The van der Waals surface area contributed by atoms with Crippen LogP contribution in [0.25, 0.3) is 0 Å². The summed E-state index contributed by atoms with van der Waals surface area (Å²) < 4.78 is 36.9. The van der Waals surface area contributed by atoms with Crippen molar-refractivity contribution in [1.82, 2.24) is 9.97 Å². The maximum Gasteiger partial charge on any atom is 0.451 e. The molecule has 0 aliphatic heterocycles. The van der Waals surface area contributed by atoms with Crippen LogP contribution in [0.3, 0.4) is 0 Å². The van der Waals surface area contributed by atoms with E-state index in [1.807, 2.05) is 0 Å². The fraction of sp³-hybridized carbons (Fsp3) is 0.333. The van der Waals surface area contributed by atoms with Crippen molar-refractivity contribution in [3.05, 3.63) is 18.1 Å². The van der Waals surface area contributed by atoms with Gasteiger partial charge < -0.3 is 5.73 Å². The summed E-state index contributed by atoms with van der Waals surface area (Å²) in [5.41, 5.74) is 5.30. The van der Waals surface area contributed by atoms with Crippen LogP contribution < -0.4 is 5.73 Å². The van der Waals surface area contributed by atoms with E-state index in [1.54, 1.807) is 6.92 Å². The number of halogens is 3. The largest absolute Gasteiger partial charge is 0.451 e. The molecule has 0 unspecified atom stereocenters. The predicted octanol–water partition coefficient (Wildman–Crippen LogP) is 1.92. The van der Waals surface area contributed by atoms with Gasteiger partial charge in [-0.2, -0.15) is 13.2 Å². The van der Waals surface area contributed by atoms with Gasteiger partial charge in [0, 0.05) is 12.3 Å². The Labute approximate surface area is 95.3 Å². The fourth-order valence-electron chi connectivity index (χ4n) is 0.994. The zero-order valence-corrected chi connectivity index (χ0v) is 9.15. The van der Waals surface area contributed by atoms with Crippen molar-refractivity contribution in [3.8, 4) is 0 Å². The number of aromatic nitrogens is 2. The van der Waals surface area contributed by atoms with Crippen LogP contribution in [0.15, 0.2) is 22.2 Å². The molecular weight excluding hydrogens is 235 g/mol. The van der Waals surface area contributed by atoms with Crippen molar-refractivity contribution < 1.29 is 13.2 Å². The van der Waals surface area contributed by atoms with Gasteiger partial charge in [0.25, 0.3) is 0 Å². The Bertz CT molecular complexity index is 460. The number of alkyl halides is 3. The second kappa shape index (κ2) is 4.89. The van der Waals surface area contributed by atoms with Crippen molar-refractivity contribution >= 4 is 17.5 Å². The number of nitrogens with zero attached hydrogens (tertiary/aromatic N) is 4. The summed E-state index contributed by atoms with van der Waals surface area (Å²) in [7, 11) is 0. The number of hydrogen-bond acceptors (Lipinski definition) is 3. The van der Waals surface area contributed by atoms with E-state index in [1.165, 1.54) is 13.0 Å². The molecule has 0 aliphatic rings. The van der Waals surface area contributed by atoms with Gasteiger partial charge in [-0.3, -0.25) is 0 Å². The number of amidine groups is 2. The Morgan fingerprint density at radius 2 is 2.00 bits per heavy atom. The molecule has 0 fully saturated rings. The molecule has 92 valence electrons. The second-order valence-corrected chi connectivity index (χ2v) is 3.15. The third-order valence-electron chi connectivity index (χ3n) is 1.51. The summed E-state index contributed by atoms with van der Waals surface area (Å²) in [4.78, 5) is 13.9. The van der Waals surface area contributed by atoms with Crippen LogP contribution >= 0.6 is 0 Å². The molecule has 5 nitrogen and oxygen atoms in total. The van der Waals surface area contributed by atoms with E-state index >= 15 is 0 Å². The predicted molar refractivity (Wildman–Crippen MR) is 57.1 cm³/mol. The van der Waals surface area contributed by atoms with Crippen LogP contribution in [-0.2, 0) is 6.18 Å². The molecule has 1 aromatic heterocycles. The Balaban J connectivity index is 3.05. The van der Waals surface area contributed by atoms with Gasteiger partial charge in [-0.05, 0) is 13.8 Å². The van der Waals surface area contributed by atoms with Gasteiger partial charge in [0.2, 0.25) is 5.82 Å². The molecule has 0 saturated heterocycles. The van der Waals surface area contributed by atoms with Crippen LogP contribution in [0.2, 0.25) is 0 Å². The van der Waals surface area contributed by atoms with Gasteiger partial charge in [0.1, 0.15) is 5.84 Å². The number of rotatable bonds is 1. The zero-order chi connectivity index (χ0) is 13.1. The Hall–Kier alpha value is -1.99. The average Bonchev–Trinajstić information content (AvgIpc) is 2.15. The normalized spacial score (nSPS) is 13.9. The van der Waals surface area contributed by atoms with E-state index in [-0.39, 0.29) is 17.5 Å². The molecule has 0 amide bonds. The van der Waals surface area contributed by atoms with Gasteiger partial charge in [-0.25, -0.2) is 20.0 Å². The van der Waals surface area contributed by atoms with Crippen molar-refractivity contribution in [2.24, 2.45) is 15.7 Å². The average molecular weight is 245 g/mol. The summed E-state index contributed by atoms with van der Waals surface area (Å²) >= 11 is 0. The lowest BCUT2D eigenvalue weighted by molar-refractivity contribution is -0.144. The van der Waals surface area contributed by atoms with E-state index in [0.717, 1.165) is 6.20 Å². The molecular formula is C9H10F3N5. The van der Waals surface area contributed by atoms with Crippen LogP contribution in [0.1, 0.15) is 19.7 Å². The molecule has 0 aromatic carbocycles. The number of aliphatic imine (C=N–C) groups is 2. The highest BCUT2D eigenvalue weighted by atomic mass is 19.4. The molecule has 1 heterocycles. The minimum Gasteiger partial charge on any atom is -0.387 e. The smallest absolute Gasteiger partial charge is 0.387 e. The molecule has 2 N–H and O–H groups in total. The van der Waals surface area contributed by atoms with E-state index in [9.17, 15) is 13.2 Å². The molecule has 0 saturated carbocycles. The third-order valence-corrected chi connectivity index (χ3v) is 1.51. The van der Waals surface area contributed by atoms with Gasteiger partial charge in [0.15, 0.2) is 5.82 Å². The van der Waals surface area contributed by atoms with Crippen LogP contribution in [0.5, 0.6) is 0 Å². The SMILES string of the molecule is CC(N)=NC(C)=Nc1ccnc(C(F)(F)F)n1. The van der Waals surface area contributed by atoms with Crippen LogP contribution in [-0.4, -0.2) is 21.6 Å². The van der Waals surface area contributed by atoms with Gasteiger partial charge >= 0.3 is 6.18 Å². The molecule has 0 atom stereocenters. The summed E-state index contributed by atoms with van der Waals surface area (Å²) in [6, 6.07) is 1.25. The van der Waals surface area contributed by atoms with E-state index in [4.69, 9.17) is 5.73 Å². The zero-order valence-electron chi connectivity index (χ0n) is 9.15. The fourth-order valence-corrected chi connectivity index (χ4v) is 0.994. The number of hydrogen-bond donors (Lipinski definition) is 1. The topological polar surface area (TPSA) is 76.5 Å². The van der Waals surface area contributed by atoms with Crippen LogP contribution in [0, 0.1) is 0 Å². The molecule has 0 spiro atoms. The van der Waals surface area contributed by atoms with Gasteiger partial charge in [0.05, 0.1) is 5.84 Å². The van der Waals surface area contributed by atoms with Crippen LogP contribution in [0.4, 0.5) is 19.0 Å². The lowest BCUT2D eigenvalue weighted by Gasteiger charge is -2.04. The summed E-state index contributed by atoms with van der Waals surface area (Å²) in [5, 5.41) is 0. The molecule has 17 heavy (non-hydrogen) atoms. The quantitative estimate of drug-likeness (QED) is 0.606. The Kier molecular flexibility index (Phi) is 3.77. The molecule has 0 radical (unpaired) electrons. The minimum absolute atomic E-state index is 0.116. The van der Waals surface area contributed by atoms with E-state index < -0.39 is 12.0 Å². The summed E-state index contributed by atoms with van der Waals surface area (Å²) in [5.74, 6) is -0.872. The van der Waals surface area contributed by atoms with Gasteiger partial charge in [-0.15, -0.1) is 0 Å². The third kappa shape index (κ3) is 4.17. The highest BCUT2D eigenvalue weighted by molar-refractivity contribution is 5.94. The second-order valence-electron chi connectivity index (χ2n) is 3.15. The molecule has 1 aromatic rings. The first-order chi connectivity index (χ1) is 7.79. The van der Waals surface area contributed by atoms with E-state index in [2.05, 4.69) is 20.0 Å². The first kappa shape index (κ1) is 13.1. The molecule has 0 bridgehead atoms. The molecule has 8 heteroatoms. The Morgan fingerprint density at radius 1 is 1.35 bits per heavy atom. The maximum absolute atomic E-state index is 12.3. The van der Waals surface area contributed by atoms with Crippen molar-refractivity contribution in [3.63, 3.8) is 0 Å². The van der Waals surface area contributed by atoms with E-state index in [0.29, 0.717) is 0 Å². The Morgan fingerprint density at radius 3 is 2.53 bits per heavy atom. The summed E-state index contributed by atoms with van der Waals surface area (Å²) in [6.45, 7) is 3.05. The first-order valence-electron chi connectivity index (χ1n) is 4.55. The van der Waals surface area contributed by atoms with Gasteiger partial charge in [-0.1, -0.05) is 0 Å². The monoisotopic (exact) mass is 245 g/mol. The van der Waals surface area contributed by atoms with Crippen molar-refractivity contribution in [1.29, 1.82) is 0 Å². The number of nitrogens with two attached hydrogens (primary N) is 1. The molecule has 0 aliphatic carbocycles. The maximum atomic E-state index is 12.3. The standard InChI is InChI=1S/C9H10F3N5/c1-5(13)15-6(2)16-7-3-4-14-8(17-7)9(10,11)12/h3-4H,1-2H3,(H2,13,14,15,16,17). The molecule has 1 rings (SSSR count). The lowest BCUT2D eigenvalue weighted by Crippen LogP contribution is -2.10. The first-order valence-corrected chi connectivity index (χ1v) is 4.55. The van der Waals surface area contributed by atoms with Crippen molar-refractivity contribution in [2.45, 2.75) is 20.0 Å². The van der Waals surface area contributed by atoms with Crippen molar-refractivity contribution in [2.75, 3.05) is 0 Å².